The molecule has 2 aromatic rings. The largest absolute Gasteiger partial charge is 0.351 e. The summed E-state index contributed by atoms with van der Waals surface area (Å²) in [4.78, 5) is 15.5. The lowest BCUT2D eigenvalue weighted by molar-refractivity contribution is -0.119. The van der Waals surface area contributed by atoms with Crippen molar-refractivity contribution in [2.24, 2.45) is 0 Å². The Morgan fingerprint density at radius 1 is 1.38 bits per heavy atom. The van der Waals surface area contributed by atoms with Crippen LogP contribution >= 0.6 is 0 Å². The van der Waals surface area contributed by atoms with Crippen LogP contribution in [0.25, 0.3) is 11.4 Å². The fraction of sp³-hybridized carbons (Fsp3) is 0.438. The number of rotatable bonds is 4. The van der Waals surface area contributed by atoms with E-state index in [-0.39, 0.29) is 5.91 Å². The van der Waals surface area contributed by atoms with Gasteiger partial charge in [0.15, 0.2) is 0 Å². The molecule has 1 saturated carbocycles. The highest BCUT2D eigenvalue weighted by molar-refractivity contribution is 5.72. The van der Waals surface area contributed by atoms with Crippen LogP contribution in [0.5, 0.6) is 0 Å². The predicted molar refractivity (Wildman–Crippen MR) is 80.5 cm³/mol. The number of nitrogens with one attached hydrogen (secondary N) is 1. The first-order valence-corrected chi connectivity index (χ1v) is 7.48. The average Bonchev–Trinajstić information content (AvgIpc) is 3.15. The van der Waals surface area contributed by atoms with Crippen molar-refractivity contribution in [3.05, 3.63) is 36.2 Å². The second kappa shape index (κ2) is 6.08. The van der Waals surface area contributed by atoms with Crippen molar-refractivity contribution in [2.75, 3.05) is 0 Å². The maximum atomic E-state index is 11.1. The van der Waals surface area contributed by atoms with Crippen LogP contribution in [0.4, 0.5) is 0 Å². The molecule has 1 amide bonds. The average molecular weight is 284 g/mol. The summed E-state index contributed by atoms with van der Waals surface area (Å²) in [5.41, 5.74) is 2.87. The summed E-state index contributed by atoms with van der Waals surface area (Å²) in [5, 5.41) is 7.51. The summed E-state index contributed by atoms with van der Waals surface area (Å²) in [7, 11) is 0. The van der Waals surface area contributed by atoms with Gasteiger partial charge in [-0.2, -0.15) is 5.10 Å². The van der Waals surface area contributed by atoms with Crippen molar-refractivity contribution in [3.8, 4) is 11.4 Å². The summed E-state index contributed by atoms with van der Waals surface area (Å²) in [6, 6.07) is 8.40. The summed E-state index contributed by atoms with van der Waals surface area (Å²) in [6.07, 6.45) is 6.65. The van der Waals surface area contributed by atoms with E-state index in [4.69, 9.17) is 5.10 Å². The first kappa shape index (κ1) is 13.8. The van der Waals surface area contributed by atoms with Gasteiger partial charge < -0.3 is 5.32 Å². The summed E-state index contributed by atoms with van der Waals surface area (Å²) >= 11 is 0. The van der Waals surface area contributed by atoms with Crippen molar-refractivity contribution >= 4 is 5.91 Å². The maximum Gasteiger partial charge on any atom is 0.217 e. The zero-order valence-electron chi connectivity index (χ0n) is 12.2. The van der Waals surface area contributed by atoms with Crippen molar-refractivity contribution in [1.82, 2.24) is 20.1 Å². The molecule has 1 fully saturated rings. The lowest BCUT2D eigenvalue weighted by Crippen LogP contribution is -2.19. The molecule has 21 heavy (non-hydrogen) atoms. The van der Waals surface area contributed by atoms with Crippen LogP contribution in [0.3, 0.4) is 0 Å². The molecule has 0 spiro atoms. The van der Waals surface area contributed by atoms with E-state index in [0.717, 1.165) is 17.1 Å². The second-order valence-corrected chi connectivity index (χ2v) is 5.53. The quantitative estimate of drug-likeness (QED) is 0.939. The van der Waals surface area contributed by atoms with Crippen LogP contribution in [-0.2, 0) is 11.3 Å². The molecule has 3 rings (SSSR count). The lowest BCUT2D eigenvalue weighted by atomic mass is 10.2. The molecular weight excluding hydrogens is 264 g/mol. The van der Waals surface area contributed by atoms with Crippen LogP contribution in [0.1, 0.15) is 44.3 Å². The van der Waals surface area contributed by atoms with Gasteiger partial charge in [-0.1, -0.05) is 18.9 Å². The minimum absolute atomic E-state index is 0.0372. The van der Waals surface area contributed by atoms with E-state index in [0.29, 0.717) is 12.6 Å². The Kier molecular flexibility index (Phi) is 3.99. The molecule has 0 atom stereocenters. The van der Waals surface area contributed by atoms with Gasteiger partial charge in [-0.3, -0.25) is 14.5 Å². The van der Waals surface area contributed by atoms with E-state index in [1.165, 1.54) is 32.6 Å². The Labute approximate surface area is 124 Å². The highest BCUT2D eigenvalue weighted by Crippen LogP contribution is 2.33. The summed E-state index contributed by atoms with van der Waals surface area (Å²) in [6.45, 7) is 1.99. The van der Waals surface area contributed by atoms with E-state index in [1.807, 2.05) is 24.3 Å². The lowest BCUT2D eigenvalue weighted by Gasteiger charge is -2.13. The monoisotopic (exact) mass is 284 g/mol. The maximum absolute atomic E-state index is 11.1. The molecule has 5 heteroatoms. The van der Waals surface area contributed by atoms with Gasteiger partial charge in [-0.05, 0) is 31.0 Å². The summed E-state index contributed by atoms with van der Waals surface area (Å²) < 4.78 is 2.10. The third-order valence-electron chi connectivity index (χ3n) is 3.90. The Balaban J connectivity index is 1.93. The number of hydrogen-bond acceptors (Lipinski definition) is 3. The normalized spacial score (nSPS) is 15.3. The van der Waals surface area contributed by atoms with Gasteiger partial charge in [0.25, 0.3) is 0 Å². The molecule has 2 aromatic heterocycles. The van der Waals surface area contributed by atoms with Crippen LogP contribution in [0.2, 0.25) is 0 Å². The topological polar surface area (TPSA) is 59.8 Å². The predicted octanol–water partition coefficient (Wildman–Crippen LogP) is 2.70. The van der Waals surface area contributed by atoms with Crippen molar-refractivity contribution in [1.29, 1.82) is 0 Å². The molecule has 0 saturated heterocycles. The minimum atomic E-state index is -0.0372. The number of carbonyl (C=O) groups excluding carboxylic acids is 1. The fourth-order valence-corrected chi connectivity index (χ4v) is 2.88. The van der Waals surface area contributed by atoms with E-state index in [9.17, 15) is 4.79 Å². The summed E-state index contributed by atoms with van der Waals surface area (Å²) in [5.74, 6) is -0.0372. The van der Waals surface area contributed by atoms with Gasteiger partial charge in [0, 0.05) is 13.1 Å². The molecule has 0 radical (unpaired) electrons. The van der Waals surface area contributed by atoms with E-state index in [1.54, 1.807) is 6.20 Å². The molecule has 1 aliphatic rings. The van der Waals surface area contributed by atoms with Gasteiger partial charge in [-0.25, -0.2) is 0 Å². The highest BCUT2D eigenvalue weighted by Gasteiger charge is 2.22. The number of amides is 1. The van der Waals surface area contributed by atoms with Gasteiger partial charge >= 0.3 is 0 Å². The van der Waals surface area contributed by atoms with Crippen molar-refractivity contribution in [2.45, 2.75) is 45.2 Å². The molecular formula is C16H20N4O. The number of hydrogen-bond donors (Lipinski definition) is 1. The Hall–Kier alpha value is -2.17. The Bertz CT molecular complexity index is 614. The highest BCUT2D eigenvalue weighted by atomic mass is 16.1. The molecule has 110 valence electrons. The van der Waals surface area contributed by atoms with E-state index < -0.39 is 0 Å². The van der Waals surface area contributed by atoms with Crippen molar-refractivity contribution in [3.63, 3.8) is 0 Å². The standard InChI is InChI=1S/C16H20N4O/c1-12(21)18-11-13-10-16(15-8-4-5-9-17-15)20(19-13)14-6-2-3-7-14/h4-5,8-10,14H,2-3,6-7,11H2,1H3,(H,18,21). The molecule has 0 bridgehead atoms. The van der Waals surface area contributed by atoms with Gasteiger partial charge in [0.05, 0.1) is 29.7 Å². The molecule has 0 aliphatic heterocycles. The van der Waals surface area contributed by atoms with E-state index in [2.05, 4.69) is 15.0 Å². The first-order valence-electron chi connectivity index (χ1n) is 7.48. The number of nitrogens with zero attached hydrogens (tertiary/aromatic N) is 3. The van der Waals surface area contributed by atoms with Crippen LogP contribution in [0.15, 0.2) is 30.5 Å². The second-order valence-electron chi connectivity index (χ2n) is 5.53. The molecule has 1 N–H and O–H groups in total. The zero-order chi connectivity index (χ0) is 14.7. The zero-order valence-corrected chi connectivity index (χ0v) is 12.2. The van der Waals surface area contributed by atoms with Crippen LogP contribution in [0, 0.1) is 0 Å². The smallest absolute Gasteiger partial charge is 0.217 e. The molecule has 0 unspecified atom stereocenters. The van der Waals surface area contributed by atoms with Gasteiger partial charge in [-0.15, -0.1) is 0 Å². The third kappa shape index (κ3) is 3.12. The number of carbonyl (C=O) groups is 1. The molecule has 5 nitrogen and oxygen atoms in total. The third-order valence-corrected chi connectivity index (χ3v) is 3.90. The number of pyridine rings is 1. The Morgan fingerprint density at radius 3 is 2.86 bits per heavy atom. The molecule has 0 aromatic carbocycles. The van der Waals surface area contributed by atoms with E-state index >= 15 is 0 Å². The number of aromatic nitrogens is 3. The first-order chi connectivity index (χ1) is 10.2. The van der Waals surface area contributed by atoms with Crippen LogP contribution in [-0.4, -0.2) is 20.7 Å². The molecule has 2 heterocycles. The van der Waals surface area contributed by atoms with Gasteiger partial charge in [0.2, 0.25) is 5.91 Å². The Morgan fingerprint density at radius 2 is 2.19 bits per heavy atom. The SMILES string of the molecule is CC(=O)NCc1cc(-c2ccccn2)n(C2CCCC2)n1. The van der Waals surface area contributed by atoms with Crippen LogP contribution < -0.4 is 5.32 Å². The molecule has 1 aliphatic carbocycles. The van der Waals surface area contributed by atoms with Crippen molar-refractivity contribution < 1.29 is 4.79 Å². The minimum Gasteiger partial charge on any atom is -0.351 e. The van der Waals surface area contributed by atoms with Gasteiger partial charge in [0.1, 0.15) is 0 Å². The fourth-order valence-electron chi connectivity index (χ4n) is 2.88.